The molecular formula is C8H16O8S2. The van der Waals surface area contributed by atoms with E-state index in [-0.39, 0.29) is 26.1 Å². The Bertz CT molecular complexity index is 438. The minimum absolute atomic E-state index is 0.0750. The molecule has 0 bridgehead atoms. The van der Waals surface area contributed by atoms with Crippen LogP contribution in [-0.2, 0) is 38.1 Å². The molecule has 0 rings (SSSR count). The van der Waals surface area contributed by atoms with Gasteiger partial charge in [0.15, 0.2) is 5.44 Å². The van der Waals surface area contributed by atoms with Crippen LogP contribution < -0.4 is 0 Å². The summed E-state index contributed by atoms with van der Waals surface area (Å²) in [6, 6.07) is 0. The zero-order valence-corrected chi connectivity index (χ0v) is 11.7. The molecule has 0 fully saturated rings. The van der Waals surface area contributed by atoms with Crippen molar-refractivity contribution < 1.29 is 34.7 Å². The maximum atomic E-state index is 11.5. The van der Waals surface area contributed by atoms with E-state index in [0.29, 0.717) is 0 Å². The van der Waals surface area contributed by atoms with Gasteiger partial charge in [-0.15, -0.1) is 0 Å². The summed E-state index contributed by atoms with van der Waals surface area (Å²) in [5, 5.41) is 0. The topological polar surface area (TPSA) is 113 Å². The summed E-state index contributed by atoms with van der Waals surface area (Å²) >= 11 is 0. The highest BCUT2D eigenvalue weighted by atomic mass is 32.2. The lowest BCUT2D eigenvalue weighted by Gasteiger charge is -2.16. The van der Waals surface area contributed by atoms with Gasteiger partial charge in [-0.25, -0.2) is 0 Å². The van der Waals surface area contributed by atoms with Crippen LogP contribution in [0.5, 0.6) is 0 Å². The Balaban J connectivity index is 4.70. The minimum Gasteiger partial charge on any atom is -0.360 e. The average molecular weight is 304 g/mol. The lowest BCUT2D eigenvalue weighted by molar-refractivity contribution is -0.120. The van der Waals surface area contributed by atoms with E-state index in [1.165, 1.54) is 6.92 Å². The van der Waals surface area contributed by atoms with Gasteiger partial charge in [0, 0.05) is 13.0 Å². The van der Waals surface area contributed by atoms with E-state index in [2.05, 4.69) is 8.37 Å². The zero-order valence-electron chi connectivity index (χ0n) is 10.1. The van der Waals surface area contributed by atoms with Gasteiger partial charge >= 0.3 is 16.6 Å². The number of hydrogen-bond acceptors (Lipinski definition) is 8. The Morgan fingerprint density at radius 3 is 2.17 bits per heavy atom. The molecule has 0 N–H and O–H groups in total. The molecular weight excluding hydrogens is 288 g/mol. The molecule has 8 nitrogen and oxygen atoms in total. The first-order valence-electron chi connectivity index (χ1n) is 5.13. The molecule has 0 aromatic carbocycles. The lowest BCUT2D eigenvalue weighted by Crippen LogP contribution is -2.29. The normalized spacial score (nSPS) is 14.1. The van der Waals surface area contributed by atoms with Crippen LogP contribution in [0.25, 0.3) is 0 Å². The highest BCUT2D eigenvalue weighted by Gasteiger charge is 2.28. The molecule has 0 saturated heterocycles. The summed E-state index contributed by atoms with van der Waals surface area (Å²) in [7, 11) is -8.09. The Labute approximate surface area is 106 Å². The maximum Gasteiger partial charge on any atom is 0.311 e. The van der Waals surface area contributed by atoms with Gasteiger partial charge in [-0.2, -0.15) is 16.8 Å². The van der Waals surface area contributed by atoms with Crippen molar-refractivity contribution in [1.82, 2.24) is 0 Å². The number of carbonyl (C=O) groups excluding carboxylic acids is 1. The number of ether oxygens (including phenoxy) is 1. The van der Waals surface area contributed by atoms with Crippen LogP contribution in [-0.4, -0.2) is 47.7 Å². The standard InChI is InChI=1S/C8H16O8S2/c1-3-14-8(18(12,13)15-4-2)5-6-17(10,11)16-7-9/h7-8H,3-6H2,1-2H3. The molecule has 0 heterocycles. The number of hydrogen-bond donors (Lipinski definition) is 0. The van der Waals surface area contributed by atoms with Gasteiger partial charge in [0.1, 0.15) is 0 Å². The third-order valence-corrected chi connectivity index (χ3v) is 4.43. The number of carbonyl (C=O) groups is 1. The van der Waals surface area contributed by atoms with E-state index in [4.69, 9.17) is 4.74 Å². The molecule has 0 aromatic rings. The van der Waals surface area contributed by atoms with E-state index in [9.17, 15) is 21.6 Å². The smallest absolute Gasteiger partial charge is 0.311 e. The van der Waals surface area contributed by atoms with Crippen molar-refractivity contribution in [2.45, 2.75) is 25.7 Å². The van der Waals surface area contributed by atoms with Gasteiger partial charge in [0.2, 0.25) is 0 Å². The monoisotopic (exact) mass is 304 g/mol. The minimum atomic E-state index is -4.09. The van der Waals surface area contributed by atoms with E-state index < -0.39 is 31.4 Å². The Morgan fingerprint density at radius 2 is 1.72 bits per heavy atom. The van der Waals surface area contributed by atoms with Crippen LogP contribution in [0.1, 0.15) is 20.3 Å². The molecule has 1 atom stereocenters. The molecule has 0 aliphatic carbocycles. The van der Waals surface area contributed by atoms with E-state index in [1.54, 1.807) is 6.92 Å². The lowest BCUT2D eigenvalue weighted by atomic mass is 10.5. The van der Waals surface area contributed by atoms with Gasteiger partial charge in [-0.1, -0.05) is 0 Å². The summed E-state index contributed by atoms with van der Waals surface area (Å²) in [4.78, 5) is 9.91. The predicted molar refractivity (Wildman–Crippen MR) is 61.5 cm³/mol. The Hall–Kier alpha value is -0.710. The first-order valence-corrected chi connectivity index (χ1v) is 8.18. The molecule has 0 saturated carbocycles. The van der Waals surface area contributed by atoms with Crippen molar-refractivity contribution in [3.63, 3.8) is 0 Å². The van der Waals surface area contributed by atoms with Crippen molar-refractivity contribution in [2.24, 2.45) is 0 Å². The van der Waals surface area contributed by atoms with Gasteiger partial charge < -0.3 is 8.92 Å². The van der Waals surface area contributed by atoms with E-state index >= 15 is 0 Å². The van der Waals surface area contributed by atoms with Gasteiger partial charge in [-0.05, 0) is 13.8 Å². The van der Waals surface area contributed by atoms with Crippen LogP contribution in [0.2, 0.25) is 0 Å². The van der Waals surface area contributed by atoms with Crippen LogP contribution in [0.15, 0.2) is 0 Å². The van der Waals surface area contributed by atoms with E-state index in [0.717, 1.165) is 0 Å². The molecule has 0 aliphatic heterocycles. The third kappa shape index (κ3) is 6.28. The van der Waals surface area contributed by atoms with Crippen LogP contribution >= 0.6 is 0 Å². The predicted octanol–water partition coefficient (Wildman–Crippen LogP) is -0.392. The summed E-state index contributed by atoms with van der Waals surface area (Å²) in [6.45, 7) is 2.80. The van der Waals surface area contributed by atoms with Crippen molar-refractivity contribution >= 4 is 26.7 Å². The maximum absolute atomic E-state index is 11.5. The Kier molecular flexibility index (Phi) is 7.36. The van der Waals surface area contributed by atoms with Gasteiger partial charge in [0.05, 0.1) is 12.4 Å². The largest absolute Gasteiger partial charge is 0.360 e. The molecule has 0 radical (unpaired) electrons. The van der Waals surface area contributed by atoms with Gasteiger partial charge in [0.25, 0.3) is 10.1 Å². The summed E-state index contributed by atoms with van der Waals surface area (Å²) < 4.78 is 58.5. The Morgan fingerprint density at radius 1 is 1.11 bits per heavy atom. The molecule has 0 amide bonds. The highest BCUT2D eigenvalue weighted by Crippen LogP contribution is 2.12. The highest BCUT2D eigenvalue weighted by molar-refractivity contribution is 7.88. The second kappa shape index (κ2) is 7.67. The van der Waals surface area contributed by atoms with Crippen molar-refractivity contribution in [1.29, 1.82) is 0 Å². The first kappa shape index (κ1) is 17.3. The fraction of sp³-hybridized carbons (Fsp3) is 0.875. The molecule has 1 unspecified atom stereocenters. The SMILES string of the molecule is CCOC(CCS(=O)(=O)OC=O)S(=O)(=O)OCC. The summed E-state index contributed by atoms with van der Waals surface area (Å²) in [6.07, 6.45) is -0.383. The second-order valence-corrected chi connectivity index (χ2v) is 6.49. The van der Waals surface area contributed by atoms with Crippen molar-refractivity contribution in [3.8, 4) is 0 Å². The van der Waals surface area contributed by atoms with Crippen LogP contribution in [0.4, 0.5) is 0 Å². The van der Waals surface area contributed by atoms with Crippen LogP contribution in [0, 0.1) is 0 Å². The molecule has 108 valence electrons. The fourth-order valence-electron chi connectivity index (χ4n) is 1.09. The van der Waals surface area contributed by atoms with Gasteiger partial charge in [-0.3, -0.25) is 8.98 Å². The average Bonchev–Trinajstić information content (AvgIpc) is 2.23. The third-order valence-electron chi connectivity index (χ3n) is 1.75. The molecule has 0 aromatic heterocycles. The second-order valence-electron chi connectivity index (χ2n) is 3.03. The van der Waals surface area contributed by atoms with Crippen molar-refractivity contribution in [3.05, 3.63) is 0 Å². The zero-order chi connectivity index (χ0) is 14.2. The molecule has 10 heteroatoms. The van der Waals surface area contributed by atoms with Crippen LogP contribution in [0.3, 0.4) is 0 Å². The summed E-state index contributed by atoms with van der Waals surface area (Å²) in [5.41, 5.74) is -1.41. The quantitative estimate of drug-likeness (QED) is 0.396. The molecule has 0 aliphatic rings. The van der Waals surface area contributed by atoms with Crippen molar-refractivity contribution in [2.75, 3.05) is 19.0 Å². The fourth-order valence-corrected chi connectivity index (χ4v) is 3.14. The first-order chi connectivity index (χ1) is 8.29. The summed E-state index contributed by atoms with van der Waals surface area (Å²) in [5.74, 6) is -0.664. The van der Waals surface area contributed by atoms with E-state index in [1.807, 2.05) is 0 Å². The molecule has 0 spiro atoms. The molecule has 18 heavy (non-hydrogen) atoms. The number of rotatable bonds is 10.